The van der Waals surface area contributed by atoms with E-state index in [-0.39, 0.29) is 5.56 Å². The number of rotatable bonds is 3. The van der Waals surface area contributed by atoms with Crippen LogP contribution in [-0.4, -0.2) is 20.1 Å². The summed E-state index contributed by atoms with van der Waals surface area (Å²) in [5.41, 5.74) is 4.95. The predicted molar refractivity (Wildman–Crippen MR) is 48.1 cm³/mol. The van der Waals surface area contributed by atoms with Crippen LogP contribution < -0.4 is 5.73 Å². The fraction of sp³-hybridized carbons (Fsp3) is 0.125. The van der Waals surface area contributed by atoms with Crippen LogP contribution in [0.15, 0.2) is 29.2 Å². The third kappa shape index (κ3) is 2.30. The SMILES string of the molecule is NC(=O)c1ccc(S(=O)(=O)C(F)F)cc1. The standard InChI is InChI=1S/C8H7F2NO3S/c9-8(10)15(13,14)6-3-1-5(2-4-6)7(11)12/h1-4,8H,(H2,11,12). The Morgan fingerprint density at radius 1 is 1.20 bits per heavy atom. The average molecular weight is 235 g/mol. The number of carbonyl (C=O) groups excluding carboxylic acids is 1. The Hall–Kier alpha value is -1.50. The van der Waals surface area contributed by atoms with Gasteiger partial charge in [0, 0.05) is 5.56 Å². The Morgan fingerprint density at radius 2 is 1.67 bits per heavy atom. The highest BCUT2D eigenvalue weighted by molar-refractivity contribution is 7.91. The first kappa shape index (κ1) is 11.6. The van der Waals surface area contributed by atoms with Crippen molar-refractivity contribution in [3.8, 4) is 0 Å². The molecular weight excluding hydrogens is 228 g/mol. The second kappa shape index (κ2) is 3.93. The first-order chi connectivity index (χ1) is 6.85. The van der Waals surface area contributed by atoms with Gasteiger partial charge in [-0.2, -0.15) is 8.78 Å². The van der Waals surface area contributed by atoms with Gasteiger partial charge in [-0.05, 0) is 24.3 Å². The summed E-state index contributed by atoms with van der Waals surface area (Å²) in [4.78, 5) is 10.1. The van der Waals surface area contributed by atoms with Crippen LogP contribution in [0.4, 0.5) is 8.78 Å². The topological polar surface area (TPSA) is 77.2 Å². The van der Waals surface area contributed by atoms with Crippen LogP contribution in [-0.2, 0) is 9.84 Å². The van der Waals surface area contributed by atoms with Crippen LogP contribution >= 0.6 is 0 Å². The van der Waals surface area contributed by atoms with Gasteiger partial charge in [0.05, 0.1) is 4.90 Å². The molecule has 7 heteroatoms. The number of benzene rings is 1. The number of halogens is 2. The smallest absolute Gasteiger partial charge is 0.341 e. The highest BCUT2D eigenvalue weighted by Crippen LogP contribution is 2.18. The summed E-state index contributed by atoms with van der Waals surface area (Å²) in [5, 5.41) is 0. The minimum atomic E-state index is -4.60. The first-order valence-electron chi connectivity index (χ1n) is 3.77. The van der Waals surface area contributed by atoms with Gasteiger partial charge in [-0.3, -0.25) is 4.79 Å². The molecule has 82 valence electrons. The van der Waals surface area contributed by atoms with Crippen molar-refractivity contribution in [2.75, 3.05) is 0 Å². The Bertz CT molecular complexity index is 467. The van der Waals surface area contributed by atoms with E-state index in [2.05, 4.69) is 0 Å². The fourth-order valence-corrected chi connectivity index (χ4v) is 1.63. The molecule has 0 saturated heterocycles. The summed E-state index contributed by atoms with van der Waals surface area (Å²) in [6.45, 7) is 0. The van der Waals surface area contributed by atoms with Gasteiger partial charge in [0.15, 0.2) is 0 Å². The molecule has 4 nitrogen and oxygen atoms in total. The number of alkyl halides is 2. The third-order valence-corrected chi connectivity index (χ3v) is 3.10. The van der Waals surface area contributed by atoms with Gasteiger partial charge in [0.1, 0.15) is 0 Å². The van der Waals surface area contributed by atoms with E-state index in [0.717, 1.165) is 24.3 Å². The summed E-state index contributed by atoms with van der Waals surface area (Å²) in [6, 6.07) is 4.00. The summed E-state index contributed by atoms with van der Waals surface area (Å²) in [5.74, 6) is -4.23. The Kier molecular flexibility index (Phi) is 3.04. The lowest BCUT2D eigenvalue weighted by Gasteiger charge is -2.02. The summed E-state index contributed by atoms with van der Waals surface area (Å²) >= 11 is 0. The van der Waals surface area contributed by atoms with E-state index in [4.69, 9.17) is 5.73 Å². The van der Waals surface area contributed by atoms with E-state index in [1.165, 1.54) is 0 Å². The number of sulfone groups is 1. The number of amides is 1. The molecule has 0 spiro atoms. The van der Waals surface area contributed by atoms with Gasteiger partial charge in [-0.1, -0.05) is 0 Å². The molecular formula is C8H7F2NO3S. The molecule has 0 fully saturated rings. The van der Waals surface area contributed by atoms with Gasteiger partial charge in [0.25, 0.3) is 0 Å². The number of primary amides is 1. The van der Waals surface area contributed by atoms with Crippen molar-refractivity contribution in [2.24, 2.45) is 5.73 Å². The maximum Gasteiger partial charge on any atom is 0.341 e. The van der Waals surface area contributed by atoms with Crippen molar-refractivity contribution in [2.45, 2.75) is 10.7 Å². The molecule has 1 amide bonds. The van der Waals surface area contributed by atoms with E-state index in [0.29, 0.717) is 0 Å². The quantitative estimate of drug-likeness (QED) is 0.841. The van der Waals surface area contributed by atoms with E-state index >= 15 is 0 Å². The van der Waals surface area contributed by atoms with Crippen molar-refractivity contribution in [3.05, 3.63) is 29.8 Å². The molecule has 1 rings (SSSR count). The largest absolute Gasteiger partial charge is 0.366 e. The lowest BCUT2D eigenvalue weighted by atomic mass is 10.2. The van der Waals surface area contributed by atoms with Crippen LogP contribution in [0.1, 0.15) is 10.4 Å². The van der Waals surface area contributed by atoms with Gasteiger partial charge < -0.3 is 5.73 Å². The maximum atomic E-state index is 12.1. The summed E-state index contributed by atoms with van der Waals surface area (Å²) < 4.78 is 46.0. The number of nitrogens with two attached hydrogens (primary N) is 1. The summed E-state index contributed by atoms with van der Waals surface area (Å²) in [6.07, 6.45) is 0. The maximum absolute atomic E-state index is 12.1. The zero-order valence-electron chi connectivity index (χ0n) is 7.35. The number of hydrogen-bond donors (Lipinski definition) is 1. The van der Waals surface area contributed by atoms with Crippen molar-refractivity contribution in [3.63, 3.8) is 0 Å². The molecule has 15 heavy (non-hydrogen) atoms. The minimum absolute atomic E-state index is 0.0585. The van der Waals surface area contributed by atoms with Gasteiger partial charge >= 0.3 is 5.76 Å². The Balaban J connectivity index is 3.15. The fourth-order valence-electron chi connectivity index (χ4n) is 0.912. The molecule has 0 aliphatic heterocycles. The summed E-state index contributed by atoms with van der Waals surface area (Å²) in [7, 11) is -4.60. The molecule has 0 unspecified atom stereocenters. The minimum Gasteiger partial charge on any atom is -0.366 e. The molecule has 0 aliphatic carbocycles. The lowest BCUT2D eigenvalue weighted by Crippen LogP contribution is -2.13. The molecule has 0 bridgehead atoms. The highest BCUT2D eigenvalue weighted by atomic mass is 32.2. The molecule has 1 aromatic carbocycles. The monoisotopic (exact) mass is 235 g/mol. The zero-order chi connectivity index (χ0) is 11.6. The lowest BCUT2D eigenvalue weighted by molar-refractivity contribution is 0.1000. The molecule has 1 aromatic rings. The second-order valence-corrected chi connectivity index (χ2v) is 4.61. The van der Waals surface area contributed by atoms with Crippen LogP contribution in [0, 0.1) is 0 Å². The molecule has 0 atom stereocenters. The highest BCUT2D eigenvalue weighted by Gasteiger charge is 2.26. The van der Waals surface area contributed by atoms with Crippen LogP contribution in [0.25, 0.3) is 0 Å². The van der Waals surface area contributed by atoms with Crippen LogP contribution in [0.5, 0.6) is 0 Å². The molecule has 0 aromatic heterocycles. The normalized spacial score (nSPS) is 11.7. The van der Waals surface area contributed by atoms with Crippen molar-refractivity contribution < 1.29 is 22.0 Å². The molecule has 0 saturated carbocycles. The van der Waals surface area contributed by atoms with Gasteiger partial charge in [-0.25, -0.2) is 8.42 Å². The van der Waals surface area contributed by atoms with Gasteiger partial charge in [0.2, 0.25) is 15.7 Å². The van der Waals surface area contributed by atoms with Gasteiger partial charge in [-0.15, -0.1) is 0 Å². The third-order valence-electron chi connectivity index (χ3n) is 1.70. The second-order valence-electron chi connectivity index (χ2n) is 2.69. The predicted octanol–water partition coefficient (Wildman–Crippen LogP) is 0.782. The van der Waals surface area contributed by atoms with Crippen molar-refractivity contribution >= 4 is 15.7 Å². The average Bonchev–Trinajstić information content (AvgIpc) is 2.17. The molecule has 0 radical (unpaired) electrons. The molecule has 0 heterocycles. The Labute approximate surface area is 84.6 Å². The van der Waals surface area contributed by atoms with E-state index in [1.807, 2.05) is 0 Å². The van der Waals surface area contributed by atoms with E-state index < -0.39 is 26.4 Å². The molecule has 2 N–H and O–H groups in total. The number of hydrogen-bond acceptors (Lipinski definition) is 3. The van der Waals surface area contributed by atoms with E-state index in [1.54, 1.807) is 0 Å². The Morgan fingerprint density at radius 3 is 2.00 bits per heavy atom. The molecule has 0 aliphatic rings. The zero-order valence-corrected chi connectivity index (χ0v) is 8.17. The van der Waals surface area contributed by atoms with E-state index in [9.17, 15) is 22.0 Å². The van der Waals surface area contributed by atoms with Crippen LogP contribution in [0.2, 0.25) is 0 Å². The van der Waals surface area contributed by atoms with Crippen molar-refractivity contribution in [1.29, 1.82) is 0 Å². The van der Waals surface area contributed by atoms with Crippen LogP contribution in [0.3, 0.4) is 0 Å². The van der Waals surface area contributed by atoms with Crippen molar-refractivity contribution in [1.82, 2.24) is 0 Å². The number of carbonyl (C=O) groups is 1. The first-order valence-corrected chi connectivity index (χ1v) is 5.32.